The van der Waals surface area contributed by atoms with Crippen LogP contribution in [0.3, 0.4) is 0 Å². The highest BCUT2D eigenvalue weighted by Crippen LogP contribution is 2.38. The summed E-state index contributed by atoms with van der Waals surface area (Å²) in [6.45, 7) is 1.82. The normalized spacial score (nSPS) is 17.7. The molecule has 1 atom stereocenters. The average molecular weight is 422 g/mol. The maximum absolute atomic E-state index is 13.9. The third kappa shape index (κ3) is 4.00. The molecule has 0 spiro atoms. The third-order valence-corrected chi connectivity index (χ3v) is 5.77. The molecule has 160 valence electrons. The molecule has 0 bridgehead atoms. The lowest BCUT2D eigenvalue weighted by Crippen LogP contribution is -2.30. The topological polar surface area (TPSA) is 64.8 Å². The van der Waals surface area contributed by atoms with Gasteiger partial charge in [0.1, 0.15) is 19.0 Å². The molecule has 5 rings (SSSR count). The van der Waals surface area contributed by atoms with E-state index in [-0.39, 0.29) is 24.2 Å². The van der Waals surface area contributed by atoms with E-state index in [2.05, 4.69) is 4.98 Å². The summed E-state index contributed by atoms with van der Waals surface area (Å²) in [7, 11) is 0. The van der Waals surface area contributed by atoms with Crippen molar-refractivity contribution in [2.75, 3.05) is 19.8 Å². The van der Waals surface area contributed by atoms with Crippen LogP contribution in [0.5, 0.6) is 11.5 Å². The van der Waals surface area contributed by atoms with Crippen molar-refractivity contribution in [2.45, 2.75) is 31.7 Å². The van der Waals surface area contributed by atoms with Crippen molar-refractivity contribution in [3.63, 3.8) is 0 Å². The largest absolute Gasteiger partial charge is 0.486 e. The van der Waals surface area contributed by atoms with Crippen LogP contribution in [0.4, 0.5) is 4.39 Å². The van der Waals surface area contributed by atoms with Gasteiger partial charge in [-0.2, -0.15) is 0 Å². The molecule has 2 aliphatic heterocycles. The lowest BCUT2D eigenvalue weighted by molar-refractivity contribution is -0.132. The number of hydrogen-bond donors (Lipinski definition) is 0. The Balaban J connectivity index is 1.25. The average Bonchev–Trinajstić information content (AvgIpc) is 3.47. The van der Waals surface area contributed by atoms with Gasteiger partial charge in [-0.3, -0.25) is 4.79 Å². The molecule has 2 aliphatic rings. The van der Waals surface area contributed by atoms with E-state index in [1.165, 1.54) is 12.3 Å². The maximum atomic E-state index is 13.9. The highest BCUT2D eigenvalue weighted by molar-refractivity contribution is 5.77. The van der Waals surface area contributed by atoms with Gasteiger partial charge < -0.3 is 18.8 Å². The van der Waals surface area contributed by atoms with Crippen molar-refractivity contribution in [3.8, 4) is 22.8 Å². The molecule has 6 nitrogen and oxygen atoms in total. The van der Waals surface area contributed by atoms with Gasteiger partial charge in [0.25, 0.3) is 0 Å². The van der Waals surface area contributed by atoms with Crippen LogP contribution in [0.25, 0.3) is 11.3 Å². The Morgan fingerprint density at radius 1 is 1.13 bits per heavy atom. The summed E-state index contributed by atoms with van der Waals surface area (Å²) in [5.41, 5.74) is 1.43. The van der Waals surface area contributed by atoms with E-state index in [1.54, 1.807) is 18.2 Å². The number of benzene rings is 2. The molecule has 1 unspecified atom stereocenters. The zero-order chi connectivity index (χ0) is 21.2. The van der Waals surface area contributed by atoms with Crippen molar-refractivity contribution in [1.82, 2.24) is 9.88 Å². The minimum atomic E-state index is -0.361. The molecule has 0 aliphatic carbocycles. The fraction of sp³-hybridized carbons (Fsp3) is 0.333. The van der Waals surface area contributed by atoms with E-state index in [0.29, 0.717) is 36.8 Å². The minimum Gasteiger partial charge on any atom is -0.486 e. The van der Waals surface area contributed by atoms with Gasteiger partial charge in [-0.25, -0.2) is 9.37 Å². The highest BCUT2D eigenvalue weighted by atomic mass is 19.1. The van der Waals surface area contributed by atoms with Crippen LogP contribution in [-0.2, 0) is 11.2 Å². The molecule has 3 heterocycles. The zero-order valence-corrected chi connectivity index (χ0v) is 17.1. The third-order valence-electron chi connectivity index (χ3n) is 5.77. The van der Waals surface area contributed by atoms with E-state index in [9.17, 15) is 9.18 Å². The molecule has 0 saturated carbocycles. The number of carbonyl (C=O) groups is 1. The second kappa shape index (κ2) is 8.41. The first-order valence-electron chi connectivity index (χ1n) is 10.6. The Bertz CT molecular complexity index is 1100. The monoisotopic (exact) mass is 422 g/mol. The van der Waals surface area contributed by atoms with Gasteiger partial charge in [-0.05, 0) is 42.7 Å². The Labute approximate surface area is 179 Å². The number of amides is 1. The number of likely N-dealkylation sites (tertiary alicyclic amines) is 1. The molecule has 1 fully saturated rings. The number of aryl methyl sites for hydroxylation is 1. The lowest BCUT2D eigenvalue weighted by Gasteiger charge is -2.26. The van der Waals surface area contributed by atoms with Crippen LogP contribution < -0.4 is 9.47 Å². The number of hydrogen-bond acceptors (Lipinski definition) is 5. The number of halogens is 1. The van der Waals surface area contributed by atoms with Gasteiger partial charge >= 0.3 is 0 Å². The van der Waals surface area contributed by atoms with Crippen molar-refractivity contribution in [2.24, 2.45) is 0 Å². The van der Waals surface area contributed by atoms with Crippen LogP contribution in [0.1, 0.15) is 36.8 Å². The predicted molar refractivity (Wildman–Crippen MR) is 111 cm³/mol. The Kier molecular flexibility index (Phi) is 5.32. The van der Waals surface area contributed by atoms with E-state index >= 15 is 0 Å². The highest BCUT2D eigenvalue weighted by Gasteiger charge is 2.30. The van der Waals surface area contributed by atoms with Crippen LogP contribution in [0, 0.1) is 5.82 Å². The first kappa shape index (κ1) is 19.6. The number of fused-ring (bicyclic) bond motifs is 1. The molecule has 1 aromatic heterocycles. The zero-order valence-electron chi connectivity index (χ0n) is 17.1. The van der Waals surface area contributed by atoms with E-state index in [0.717, 1.165) is 36.4 Å². The van der Waals surface area contributed by atoms with Crippen molar-refractivity contribution < 1.29 is 23.1 Å². The first-order valence-corrected chi connectivity index (χ1v) is 10.6. The molecule has 1 amide bonds. The fourth-order valence-electron chi connectivity index (χ4n) is 4.25. The summed E-state index contributed by atoms with van der Waals surface area (Å²) in [4.78, 5) is 19.1. The Morgan fingerprint density at radius 3 is 2.84 bits per heavy atom. The van der Waals surface area contributed by atoms with Crippen LogP contribution in [-0.4, -0.2) is 35.5 Å². The summed E-state index contributed by atoms with van der Waals surface area (Å²) in [6, 6.07) is 12.3. The molecule has 31 heavy (non-hydrogen) atoms. The molecule has 0 radical (unpaired) electrons. The molecule has 3 aromatic rings. The summed E-state index contributed by atoms with van der Waals surface area (Å²) in [5, 5.41) is 0. The molecule has 7 heteroatoms. The van der Waals surface area contributed by atoms with Gasteiger partial charge in [0, 0.05) is 19.4 Å². The maximum Gasteiger partial charge on any atom is 0.223 e. The summed E-state index contributed by atoms with van der Waals surface area (Å²) in [6.07, 6.45) is 4.05. The Morgan fingerprint density at radius 2 is 1.97 bits per heavy atom. The standard InChI is InChI=1S/C24H23FN2O4/c25-18-5-2-1-4-17(18)22-15-26-23(31-22)9-10-24(28)27-11-3-6-19(27)16-7-8-20-21(14-16)30-13-12-29-20/h1-2,4-5,7-8,14-15,19H,3,6,9-13H2. The number of oxazole rings is 1. The van der Waals surface area contributed by atoms with Gasteiger partial charge in [-0.1, -0.05) is 18.2 Å². The number of rotatable bonds is 5. The lowest BCUT2D eigenvalue weighted by atomic mass is 10.0. The number of nitrogens with zero attached hydrogens (tertiary/aromatic N) is 2. The molecular formula is C24H23FN2O4. The minimum absolute atomic E-state index is 0.0295. The summed E-state index contributed by atoms with van der Waals surface area (Å²) < 4.78 is 30.9. The first-order chi connectivity index (χ1) is 15.2. The van der Waals surface area contributed by atoms with Gasteiger partial charge in [0.15, 0.2) is 23.1 Å². The molecule has 2 aromatic carbocycles. The predicted octanol–water partition coefficient (Wildman–Crippen LogP) is 4.55. The second-order valence-electron chi connectivity index (χ2n) is 7.75. The molecular weight excluding hydrogens is 399 g/mol. The van der Waals surface area contributed by atoms with Gasteiger partial charge in [0.05, 0.1) is 17.8 Å². The van der Waals surface area contributed by atoms with Crippen LogP contribution in [0.15, 0.2) is 53.1 Å². The van der Waals surface area contributed by atoms with Gasteiger partial charge in [0.2, 0.25) is 5.91 Å². The summed E-state index contributed by atoms with van der Waals surface area (Å²) >= 11 is 0. The van der Waals surface area contributed by atoms with Crippen molar-refractivity contribution in [3.05, 3.63) is 65.9 Å². The molecule has 0 N–H and O–H groups in total. The molecule has 1 saturated heterocycles. The number of carbonyl (C=O) groups excluding carboxylic acids is 1. The van der Waals surface area contributed by atoms with Crippen molar-refractivity contribution >= 4 is 5.91 Å². The smallest absolute Gasteiger partial charge is 0.223 e. The summed E-state index contributed by atoms with van der Waals surface area (Å²) in [5.74, 6) is 1.99. The van der Waals surface area contributed by atoms with E-state index in [4.69, 9.17) is 13.9 Å². The Hall–Kier alpha value is -3.35. The van der Waals surface area contributed by atoms with Crippen LogP contribution >= 0.6 is 0 Å². The quantitative estimate of drug-likeness (QED) is 0.604. The number of ether oxygens (including phenoxy) is 2. The van der Waals surface area contributed by atoms with Gasteiger partial charge in [-0.15, -0.1) is 0 Å². The fourth-order valence-corrected chi connectivity index (χ4v) is 4.25. The van der Waals surface area contributed by atoms with E-state index in [1.807, 2.05) is 23.1 Å². The number of aromatic nitrogens is 1. The SMILES string of the molecule is O=C(CCc1ncc(-c2ccccc2F)o1)N1CCCC1c1ccc2c(c1)OCCO2. The second-order valence-corrected chi connectivity index (χ2v) is 7.75. The van der Waals surface area contributed by atoms with E-state index < -0.39 is 0 Å². The van der Waals surface area contributed by atoms with Crippen LogP contribution in [0.2, 0.25) is 0 Å². The van der Waals surface area contributed by atoms with Crippen molar-refractivity contribution in [1.29, 1.82) is 0 Å².